The van der Waals surface area contributed by atoms with Crippen LogP contribution in [-0.2, 0) is 9.53 Å². The number of carbonyl (C=O) groups is 2. The molecule has 2 aliphatic rings. The minimum Gasteiger partial charge on any atom is -0.496 e. The molecule has 206 valence electrons. The van der Waals surface area contributed by atoms with E-state index in [1.165, 1.54) is 4.90 Å². The maximum Gasteiger partial charge on any atom is 0.411 e. The lowest BCUT2D eigenvalue weighted by Gasteiger charge is -2.27. The van der Waals surface area contributed by atoms with Crippen molar-refractivity contribution < 1.29 is 28.9 Å². The topological polar surface area (TPSA) is 111 Å². The van der Waals surface area contributed by atoms with Crippen LogP contribution in [0.2, 0.25) is 0 Å². The van der Waals surface area contributed by atoms with Crippen LogP contribution in [0.5, 0.6) is 11.5 Å². The molecule has 0 radical (unpaired) electrons. The molecule has 10 heteroatoms. The standard InChI is InChI=1S/C28H37N3O6S/c1-14(2)19-13-38-25(30-19)18-11-21(17-9-10-20(35-8)15(3)23(17)29-18)36-22-12-31(24(16(22)4)26(32)33)27(34)37-28(5,6)7/h9-11,14,16,19,22,24H,12-13H2,1-8H3,(H,32,33)/t16-,19?,22+,24+/m1/s1. The Bertz CT molecular complexity index is 1270. The molecule has 2 aliphatic heterocycles. The summed E-state index contributed by atoms with van der Waals surface area (Å²) in [5.74, 6) is 1.03. The van der Waals surface area contributed by atoms with Crippen LogP contribution in [0.1, 0.15) is 52.8 Å². The van der Waals surface area contributed by atoms with Crippen LogP contribution in [0.15, 0.2) is 23.2 Å². The number of thioether (sulfide) groups is 1. The van der Waals surface area contributed by atoms with Gasteiger partial charge >= 0.3 is 12.1 Å². The smallest absolute Gasteiger partial charge is 0.411 e. The van der Waals surface area contributed by atoms with Gasteiger partial charge in [0.1, 0.15) is 34.3 Å². The first-order chi connectivity index (χ1) is 17.8. The molecule has 38 heavy (non-hydrogen) atoms. The Labute approximate surface area is 227 Å². The number of carbonyl (C=O) groups excluding carboxylic acids is 1. The van der Waals surface area contributed by atoms with Crippen molar-refractivity contribution in [3.63, 3.8) is 0 Å². The summed E-state index contributed by atoms with van der Waals surface area (Å²) in [6.45, 7) is 13.4. The Kier molecular flexibility index (Phi) is 7.84. The van der Waals surface area contributed by atoms with Crippen molar-refractivity contribution in [3.8, 4) is 11.5 Å². The first-order valence-electron chi connectivity index (χ1n) is 12.9. The zero-order valence-electron chi connectivity index (χ0n) is 23.3. The minimum atomic E-state index is -1.09. The number of rotatable bonds is 6. The number of hydrogen-bond donors (Lipinski definition) is 1. The van der Waals surface area contributed by atoms with Gasteiger partial charge in [0.2, 0.25) is 0 Å². The quantitative estimate of drug-likeness (QED) is 0.532. The zero-order valence-corrected chi connectivity index (χ0v) is 24.1. The van der Waals surface area contributed by atoms with Gasteiger partial charge in [-0.25, -0.2) is 14.6 Å². The fourth-order valence-corrected chi connectivity index (χ4v) is 6.06. The van der Waals surface area contributed by atoms with Crippen LogP contribution in [-0.4, -0.2) is 75.3 Å². The first-order valence-corrected chi connectivity index (χ1v) is 13.9. The van der Waals surface area contributed by atoms with E-state index in [0.29, 0.717) is 23.1 Å². The number of carboxylic acid groups (broad SMARTS) is 1. The number of carboxylic acids is 1. The molecule has 3 heterocycles. The Morgan fingerprint density at radius 3 is 2.50 bits per heavy atom. The van der Waals surface area contributed by atoms with Crippen molar-refractivity contribution in [1.29, 1.82) is 0 Å². The minimum absolute atomic E-state index is 0.0897. The van der Waals surface area contributed by atoms with Gasteiger partial charge in [-0.2, -0.15) is 0 Å². The number of pyridine rings is 1. The van der Waals surface area contributed by atoms with Gasteiger partial charge in [0.15, 0.2) is 0 Å². The normalized spacial score (nSPS) is 23.6. The molecule has 0 saturated carbocycles. The molecule has 1 saturated heterocycles. The zero-order chi connectivity index (χ0) is 27.9. The van der Waals surface area contributed by atoms with Gasteiger partial charge in [-0.15, -0.1) is 11.8 Å². The van der Waals surface area contributed by atoms with Crippen LogP contribution >= 0.6 is 11.8 Å². The van der Waals surface area contributed by atoms with Gasteiger partial charge in [0, 0.05) is 28.7 Å². The van der Waals surface area contributed by atoms with E-state index in [9.17, 15) is 14.7 Å². The summed E-state index contributed by atoms with van der Waals surface area (Å²) in [4.78, 5) is 36.2. The average molecular weight is 544 g/mol. The van der Waals surface area contributed by atoms with Gasteiger partial charge in [-0.1, -0.05) is 20.8 Å². The second-order valence-corrected chi connectivity index (χ2v) is 12.3. The van der Waals surface area contributed by atoms with Crippen molar-refractivity contribution in [2.75, 3.05) is 19.4 Å². The fourth-order valence-electron chi connectivity index (χ4n) is 4.81. The Morgan fingerprint density at radius 2 is 1.92 bits per heavy atom. The lowest BCUT2D eigenvalue weighted by molar-refractivity contribution is -0.143. The summed E-state index contributed by atoms with van der Waals surface area (Å²) in [5, 5.41) is 11.6. The van der Waals surface area contributed by atoms with Gasteiger partial charge in [-0.3, -0.25) is 9.89 Å². The van der Waals surface area contributed by atoms with Crippen molar-refractivity contribution in [2.45, 2.75) is 72.3 Å². The van der Waals surface area contributed by atoms with Crippen molar-refractivity contribution in [2.24, 2.45) is 16.8 Å². The molecule has 1 unspecified atom stereocenters. The summed E-state index contributed by atoms with van der Waals surface area (Å²) in [6, 6.07) is 4.80. The predicted molar refractivity (Wildman–Crippen MR) is 149 cm³/mol. The van der Waals surface area contributed by atoms with Crippen LogP contribution in [0.3, 0.4) is 0 Å². The number of amides is 1. The van der Waals surface area contributed by atoms with E-state index in [1.54, 1.807) is 46.6 Å². The molecule has 1 fully saturated rings. The van der Waals surface area contributed by atoms with Crippen LogP contribution in [0.25, 0.3) is 10.9 Å². The second-order valence-electron chi connectivity index (χ2n) is 11.3. The van der Waals surface area contributed by atoms with Gasteiger partial charge in [0.25, 0.3) is 0 Å². The molecular weight excluding hydrogens is 506 g/mol. The predicted octanol–water partition coefficient (Wildman–Crippen LogP) is 5.16. The number of hydrogen-bond acceptors (Lipinski definition) is 8. The number of ether oxygens (including phenoxy) is 3. The molecule has 4 rings (SSSR count). The summed E-state index contributed by atoms with van der Waals surface area (Å²) in [5.41, 5.74) is 1.57. The molecule has 2 aromatic rings. The van der Waals surface area contributed by atoms with Crippen LogP contribution in [0.4, 0.5) is 4.79 Å². The summed E-state index contributed by atoms with van der Waals surface area (Å²) < 4.78 is 17.6. The third-order valence-corrected chi connectivity index (χ3v) is 8.08. The number of methoxy groups -OCH3 is 1. The molecule has 0 aliphatic carbocycles. The lowest BCUT2D eigenvalue weighted by atomic mass is 10.0. The third-order valence-electron chi connectivity index (χ3n) is 6.99. The Morgan fingerprint density at radius 1 is 1.21 bits per heavy atom. The van der Waals surface area contributed by atoms with Crippen molar-refractivity contribution in [1.82, 2.24) is 9.88 Å². The van der Waals surface area contributed by atoms with Gasteiger partial charge < -0.3 is 19.3 Å². The third kappa shape index (κ3) is 5.55. The molecule has 0 spiro atoms. The highest BCUT2D eigenvalue weighted by Crippen LogP contribution is 2.38. The summed E-state index contributed by atoms with van der Waals surface area (Å²) in [7, 11) is 1.62. The second kappa shape index (κ2) is 10.6. The van der Waals surface area contributed by atoms with E-state index in [0.717, 1.165) is 27.3 Å². The highest BCUT2D eigenvalue weighted by atomic mass is 32.2. The molecule has 1 amide bonds. The average Bonchev–Trinajstić information content (AvgIpc) is 3.44. The maximum atomic E-state index is 12.9. The number of aliphatic imine (C=N–C) groups is 1. The monoisotopic (exact) mass is 543 g/mol. The fraction of sp³-hybridized carbons (Fsp3) is 0.571. The van der Waals surface area contributed by atoms with E-state index in [2.05, 4.69) is 13.8 Å². The summed E-state index contributed by atoms with van der Waals surface area (Å²) >= 11 is 1.68. The lowest BCUT2D eigenvalue weighted by Crippen LogP contribution is -2.45. The number of aliphatic carboxylic acids is 1. The number of aryl methyl sites for hydroxylation is 1. The van der Waals surface area contributed by atoms with E-state index >= 15 is 0 Å². The van der Waals surface area contributed by atoms with E-state index in [4.69, 9.17) is 24.2 Å². The maximum absolute atomic E-state index is 12.9. The number of nitrogens with zero attached hydrogens (tertiary/aromatic N) is 3. The van der Waals surface area contributed by atoms with Gasteiger partial charge in [-0.05, 0) is 45.7 Å². The van der Waals surface area contributed by atoms with E-state index in [-0.39, 0.29) is 12.6 Å². The number of benzene rings is 1. The van der Waals surface area contributed by atoms with E-state index in [1.807, 2.05) is 25.1 Å². The van der Waals surface area contributed by atoms with Crippen LogP contribution in [0, 0.1) is 18.8 Å². The van der Waals surface area contributed by atoms with Crippen LogP contribution < -0.4 is 9.47 Å². The molecular formula is C28H37N3O6S. The number of fused-ring (bicyclic) bond motifs is 1. The molecule has 1 aromatic heterocycles. The number of likely N-dealkylation sites (tertiary alicyclic amines) is 1. The molecule has 0 bridgehead atoms. The highest BCUT2D eigenvalue weighted by Gasteiger charge is 2.48. The molecule has 9 nitrogen and oxygen atoms in total. The van der Waals surface area contributed by atoms with Gasteiger partial charge in [0.05, 0.1) is 30.9 Å². The Hall–Kier alpha value is -3.01. The van der Waals surface area contributed by atoms with E-state index < -0.39 is 35.7 Å². The van der Waals surface area contributed by atoms with Crippen molar-refractivity contribution >= 4 is 39.8 Å². The number of aromatic nitrogens is 1. The first kappa shape index (κ1) is 28.0. The molecule has 1 N–H and O–H groups in total. The molecule has 1 aromatic carbocycles. The SMILES string of the molecule is COc1ccc2c(O[C@H]3CN(C(=O)OC(C)(C)C)[C@H](C(=O)O)[C@@H]3C)cc(C3=NC(C(C)C)CS3)nc2c1C. The largest absolute Gasteiger partial charge is 0.496 e. The summed E-state index contributed by atoms with van der Waals surface area (Å²) in [6.07, 6.45) is -1.23. The highest BCUT2D eigenvalue weighted by molar-refractivity contribution is 8.14. The Balaban J connectivity index is 1.74. The molecule has 4 atom stereocenters. The van der Waals surface area contributed by atoms with Crippen molar-refractivity contribution in [3.05, 3.63) is 29.5 Å².